The second-order valence-electron chi connectivity index (χ2n) is 7.63. The third kappa shape index (κ3) is 3.57. The number of hydrogen-bond acceptors (Lipinski definition) is 3. The van der Waals surface area contributed by atoms with Crippen molar-refractivity contribution >= 4 is 23.2 Å². The monoisotopic (exact) mass is 416 g/mol. The number of aromatic nitrogens is 3. The zero-order valence-corrected chi connectivity index (χ0v) is 17.2. The number of fused-ring (bicyclic) bond motifs is 1. The van der Waals surface area contributed by atoms with Gasteiger partial charge in [0.25, 0.3) is 5.91 Å². The van der Waals surface area contributed by atoms with Crippen LogP contribution in [-0.4, -0.2) is 38.5 Å². The molecule has 6 heteroatoms. The molecule has 0 saturated carbocycles. The first-order valence-corrected chi connectivity index (χ1v) is 10.5. The molecule has 0 aliphatic carbocycles. The lowest BCUT2D eigenvalue weighted by Gasteiger charge is -2.32. The second kappa shape index (κ2) is 7.92. The number of amides is 1. The first-order chi connectivity index (χ1) is 14.7. The Labute approximate surface area is 179 Å². The van der Waals surface area contributed by atoms with E-state index in [2.05, 4.69) is 34.3 Å². The molecule has 1 fully saturated rings. The predicted octanol–water partition coefficient (Wildman–Crippen LogP) is 5.07. The van der Waals surface area contributed by atoms with E-state index >= 15 is 0 Å². The Bertz CT molecular complexity index is 1200. The van der Waals surface area contributed by atoms with Gasteiger partial charge in [0.15, 0.2) is 5.65 Å². The van der Waals surface area contributed by atoms with Crippen molar-refractivity contribution in [2.24, 2.45) is 0 Å². The van der Waals surface area contributed by atoms with E-state index < -0.39 is 0 Å². The molecule has 0 unspecified atom stereocenters. The highest BCUT2D eigenvalue weighted by Gasteiger charge is 2.25. The van der Waals surface area contributed by atoms with Gasteiger partial charge in [-0.05, 0) is 48.1 Å². The smallest absolute Gasteiger partial charge is 0.272 e. The van der Waals surface area contributed by atoms with Gasteiger partial charge < -0.3 is 4.90 Å². The van der Waals surface area contributed by atoms with Gasteiger partial charge in [-0.15, -0.1) is 0 Å². The molecule has 0 atom stereocenters. The molecule has 2 aromatic heterocycles. The zero-order chi connectivity index (χ0) is 20.5. The van der Waals surface area contributed by atoms with Crippen LogP contribution in [0.15, 0.2) is 73.1 Å². The van der Waals surface area contributed by atoms with Gasteiger partial charge in [-0.3, -0.25) is 4.79 Å². The summed E-state index contributed by atoms with van der Waals surface area (Å²) in [5.41, 5.74) is 4.24. The van der Waals surface area contributed by atoms with Crippen molar-refractivity contribution in [1.82, 2.24) is 19.5 Å². The van der Waals surface area contributed by atoms with Crippen LogP contribution in [0.25, 0.3) is 16.8 Å². The van der Waals surface area contributed by atoms with Crippen molar-refractivity contribution in [1.29, 1.82) is 0 Å². The SMILES string of the molecule is O=C(c1ccn2ncc(-c3cccc(Cl)c3)c2n1)N1CCC(c2ccccc2)CC1. The summed E-state index contributed by atoms with van der Waals surface area (Å²) in [4.78, 5) is 19.7. The number of benzene rings is 2. The van der Waals surface area contributed by atoms with Gasteiger partial charge in [0.1, 0.15) is 5.69 Å². The molecule has 1 aliphatic heterocycles. The molecule has 4 aromatic rings. The van der Waals surface area contributed by atoms with Crippen molar-refractivity contribution in [3.05, 3.63) is 89.3 Å². The van der Waals surface area contributed by atoms with E-state index in [1.807, 2.05) is 35.2 Å². The summed E-state index contributed by atoms with van der Waals surface area (Å²) >= 11 is 6.14. The Hall–Kier alpha value is -3.18. The minimum absolute atomic E-state index is 0.0257. The standard InChI is InChI=1S/C24H21ClN4O/c25-20-8-4-7-19(15-20)21-16-26-29-14-11-22(27-23(21)29)24(30)28-12-9-18(10-13-28)17-5-2-1-3-6-17/h1-8,11,14-16,18H,9-10,12-13H2. The van der Waals surface area contributed by atoms with E-state index in [-0.39, 0.29) is 5.91 Å². The normalized spacial score (nSPS) is 14.9. The fourth-order valence-corrected chi connectivity index (χ4v) is 4.34. The molecule has 1 saturated heterocycles. The van der Waals surface area contributed by atoms with Crippen molar-refractivity contribution in [3.63, 3.8) is 0 Å². The van der Waals surface area contributed by atoms with E-state index in [9.17, 15) is 4.79 Å². The van der Waals surface area contributed by atoms with Gasteiger partial charge in [0.05, 0.1) is 6.20 Å². The molecule has 0 spiro atoms. The second-order valence-corrected chi connectivity index (χ2v) is 8.06. The lowest BCUT2D eigenvalue weighted by Crippen LogP contribution is -2.38. The first-order valence-electron chi connectivity index (χ1n) is 10.1. The third-order valence-corrected chi connectivity index (χ3v) is 6.01. The molecule has 5 rings (SSSR count). The first kappa shape index (κ1) is 18.8. The van der Waals surface area contributed by atoms with E-state index in [0.717, 1.165) is 37.1 Å². The molecule has 0 N–H and O–H groups in total. The summed E-state index contributed by atoms with van der Waals surface area (Å²) in [6.07, 6.45) is 5.49. The van der Waals surface area contributed by atoms with Gasteiger partial charge in [0, 0.05) is 29.9 Å². The van der Waals surface area contributed by atoms with Crippen LogP contribution in [0.5, 0.6) is 0 Å². The predicted molar refractivity (Wildman–Crippen MR) is 118 cm³/mol. The lowest BCUT2D eigenvalue weighted by atomic mass is 9.89. The van der Waals surface area contributed by atoms with Gasteiger partial charge in [0.2, 0.25) is 0 Å². The van der Waals surface area contributed by atoms with E-state index in [1.165, 1.54) is 5.56 Å². The Balaban J connectivity index is 1.37. The largest absolute Gasteiger partial charge is 0.337 e. The molecule has 150 valence electrons. The van der Waals surface area contributed by atoms with E-state index in [1.54, 1.807) is 23.0 Å². The number of carbonyl (C=O) groups is 1. The summed E-state index contributed by atoms with van der Waals surface area (Å²) in [6.45, 7) is 1.48. The summed E-state index contributed by atoms with van der Waals surface area (Å²) in [5, 5.41) is 5.02. The van der Waals surface area contributed by atoms with Gasteiger partial charge in [-0.1, -0.05) is 54.1 Å². The molecule has 1 aliphatic rings. The van der Waals surface area contributed by atoms with Crippen molar-refractivity contribution in [2.45, 2.75) is 18.8 Å². The minimum Gasteiger partial charge on any atom is -0.337 e. The van der Waals surface area contributed by atoms with Crippen LogP contribution >= 0.6 is 11.6 Å². The molecule has 3 heterocycles. The summed E-state index contributed by atoms with van der Waals surface area (Å²) in [7, 11) is 0. The molecule has 5 nitrogen and oxygen atoms in total. The molecule has 0 radical (unpaired) electrons. The summed E-state index contributed by atoms with van der Waals surface area (Å²) < 4.78 is 1.69. The van der Waals surface area contributed by atoms with Crippen LogP contribution in [0.3, 0.4) is 0 Å². The van der Waals surface area contributed by atoms with E-state index in [4.69, 9.17) is 11.6 Å². The van der Waals surface area contributed by atoms with Crippen molar-refractivity contribution in [2.75, 3.05) is 13.1 Å². The van der Waals surface area contributed by atoms with Crippen molar-refractivity contribution in [3.8, 4) is 11.1 Å². The van der Waals surface area contributed by atoms with Crippen LogP contribution in [0.4, 0.5) is 0 Å². The Morgan fingerprint density at radius 3 is 2.57 bits per heavy atom. The van der Waals surface area contributed by atoms with Crippen LogP contribution in [0.2, 0.25) is 5.02 Å². The molecule has 0 bridgehead atoms. The average Bonchev–Trinajstić information content (AvgIpc) is 3.23. The summed E-state index contributed by atoms with van der Waals surface area (Å²) in [5.74, 6) is 0.484. The highest BCUT2D eigenvalue weighted by Crippen LogP contribution is 2.29. The fraction of sp³-hybridized carbons (Fsp3) is 0.208. The molecule has 30 heavy (non-hydrogen) atoms. The molecule has 1 amide bonds. The Kier molecular flexibility index (Phi) is 4.97. The van der Waals surface area contributed by atoms with Crippen LogP contribution in [0.1, 0.15) is 34.8 Å². The molecular weight excluding hydrogens is 396 g/mol. The molecular formula is C24H21ClN4O. The van der Waals surface area contributed by atoms with Gasteiger partial charge in [-0.2, -0.15) is 5.10 Å². The van der Waals surface area contributed by atoms with Crippen LogP contribution < -0.4 is 0 Å². The Morgan fingerprint density at radius 2 is 1.80 bits per heavy atom. The fourth-order valence-electron chi connectivity index (χ4n) is 4.15. The van der Waals surface area contributed by atoms with Crippen LogP contribution in [-0.2, 0) is 0 Å². The lowest BCUT2D eigenvalue weighted by molar-refractivity contribution is 0.0707. The van der Waals surface area contributed by atoms with Crippen molar-refractivity contribution < 1.29 is 4.79 Å². The quantitative estimate of drug-likeness (QED) is 0.468. The number of nitrogens with zero attached hydrogens (tertiary/aromatic N) is 4. The van der Waals surface area contributed by atoms with E-state index in [0.29, 0.717) is 22.3 Å². The number of piperidine rings is 1. The average molecular weight is 417 g/mol. The number of hydrogen-bond donors (Lipinski definition) is 0. The molecule has 2 aromatic carbocycles. The number of rotatable bonds is 3. The minimum atomic E-state index is -0.0257. The zero-order valence-electron chi connectivity index (χ0n) is 16.4. The maximum Gasteiger partial charge on any atom is 0.272 e. The third-order valence-electron chi connectivity index (χ3n) is 5.78. The maximum atomic E-state index is 13.1. The topological polar surface area (TPSA) is 50.5 Å². The highest BCUT2D eigenvalue weighted by atomic mass is 35.5. The maximum absolute atomic E-state index is 13.1. The summed E-state index contributed by atoms with van der Waals surface area (Å²) in [6, 6.07) is 19.9. The number of carbonyl (C=O) groups excluding carboxylic acids is 1. The van der Waals surface area contributed by atoms with Crippen LogP contribution in [0, 0.1) is 0 Å². The van der Waals surface area contributed by atoms with Gasteiger partial charge >= 0.3 is 0 Å². The Morgan fingerprint density at radius 1 is 1.00 bits per heavy atom. The number of halogens is 1. The highest BCUT2D eigenvalue weighted by molar-refractivity contribution is 6.30. The van der Waals surface area contributed by atoms with Gasteiger partial charge in [-0.25, -0.2) is 9.50 Å². The number of likely N-dealkylation sites (tertiary alicyclic amines) is 1.